The van der Waals surface area contributed by atoms with Crippen molar-refractivity contribution in [1.82, 2.24) is 4.90 Å². The molecule has 2 rings (SSSR count). The molecule has 5 heteroatoms. The molecule has 3 nitrogen and oxygen atoms in total. The highest BCUT2D eigenvalue weighted by molar-refractivity contribution is 5.70. The smallest absolute Gasteiger partial charge is 0.408 e. The van der Waals surface area contributed by atoms with E-state index in [0.717, 1.165) is 17.7 Å². The van der Waals surface area contributed by atoms with E-state index in [1.54, 1.807) is 45.0 Å². The van der Waals surface area contributed by atoms with Crippen molar-refractivity contribution < 1.29 is 18.7 Å². The largest absolute Gasteiger partial charge is 0.465 e. The molecular weight excluding hydrogens is 300 g/mol. The van der Waals surface area contributed by atoms with Gasteiger partial charge in [-0.3, -0.25) is 4.90 Å². The lowest BCUT2D eigenvalue weighted by atomic mass is 9.97. The predicted octanol–water partition coefficient (Wildman–Crippen LogP) is 4.91. The molecular formula is C18H19F2NO2. The van der Waals surface area contributed by atoms with Crippen LogP contribution in [0.2, 0.25) is 0 Å². The standard InChI is InChI=1S/C18H19F2NO2/c1-18(2,3)21(17(22)23)11-13-6-4-5-7-14(13)12-8-9-15(19)16(20)10-12/h4-10H,11H2,1-3H3,(H,22,23). The molecule has 0 aliphatic rings. The zero-order valence-corrected chi connectivity index (χ0v) is 13.3. The molecule has 0 radical (unpaired) electrons. The molecule has 0 atom stereocenters. The van der Waals surface area contributed by atoms with Crippen molar-refractivity contribution in [2.75, 3.05) is 0 Å². The van der Waals surface area contributed by atoms with Gasteiger partial charge in [-0.2, -0.15) is 0 Å². The number of hydrogen-bond acceptors (Lipinski definition) is 1. The van der Waals surface area contributed by atoms with Crippen molar-refractivity contribution in [3.05, 3.63) is 59.7 Å². The summed E-state index contributed by atoms with van der Waals surface area (Å²) < 4.78 is 26.6. The molecule has 0 aromatic heterocycles. The van der Waals surface area contributed by atoms with Gasteiger partial charge >= 0.3 is 6.09 Å². The number of hydrogen-bond donors (Lipinski definition) is 1. The third kappa shape index (κ3) is 3.86. The van der Waals surface area contributed by atoms with Gasteiger partial charge in [-0.15, -0.1) is 0 Å². The number of halogens is 2. The molecule has 0 fully saturated rings. The quantitative estimate of drug-likeness (QED) is 0.873. The normalized spacial score (nSPS) is 11.3. The highest BCUT2D eigenvalue weighted by Crippen LogP contribution is 2.28. The summed E-state index contributed by atoms with van der Waals surface area (Å²) in [5.41, 5.74) is 1.35. The minimum Gasteiger partial charge on any atom is -0.465 e. The van der Waals surface area contributed by atoms with E-state index < -0.39 is 23.3 Å². The molecule has 1 N–H and O–H groups in total. The van der Waals surface area contributed by atoms with Crippen LogP contribution in [0.25, 0.3) is 11.1 Å². The summed E-state index contributed by atoms with van der Waals surface area (Å²) >= 11 is 0. The summed E-state index contributed by atoms with van der Waals surface area (Å²) in [6.45, 7) is 5.58. The van der Waals surface area contributed by atoms with Gasteiger partial charge in [0.2, 0.25) is 0 Å². The van der Waals surface area contributed by atoms with Crippen molar-refractivity contribution in [2.24, 2.45) is 0 Å². The van der Waals surface area contributed by atoms with Gasteiger partial charge in [-0.1, -0.05) is 30.3 Å². The summed E-state index contributed by atoms with van der Waals surface area (Å²) in [5, 5.41) is 9.43. The predicted molar refractivity (Wildman–Crippen MR) is 85.1 cm³/mol. The van der Waals surface area contributed by atoms with E-state index >= 15 is 0 Å². The topological polar surface area (TPSA) is 40.5 Å². The van der Waals surface area contributed by atoms with Gasteiger partial charge in [-0.05, 0) is 49.6 Å². The Morgan fingerprint density at radius 3 is 2.30 bits per heavy atom. The summed E-state index contributed by atoms with van der Waals surface area (Å²) in [6.07, 6.45) is -1.03. The van der Waals surface area contributed by atoms with Crippen LogP contribution in [0, 0.1) is 11.6 Å². The molecule has 0 heterocycles. The maximum atomic E-state index is 13.5. The number of carbonyl (C=O) groups is 1. The minimum atomic E-state index is -1.03. The van der Waals surface area contributed by atoms with E-state index in [4.69, 9.17) is 0 Å². The van der Waals surface area contributed by atoms with Crippen molar-refractivity contribution in [2.45, 2.75) is 32.9 Å². The van der Waals surface area contributed by atoms with E-state index in [9.17, 15) is 18.7 Å². The lowest BCUT2D eigenvalue weighted by Crippen LogP contribution is -2.44. The van der Waals surface area contributed by atoms with Crippen LogP contribution in [0.4, 0.5) is 13.6 Å². The number of nitrogens with zero attached hydrogens (tertiary/aromatic N) is 1. The molecule has 0 saturated carbocycles. The van der Waals surface area contributed by atoms with E-state index in [2.05, 4.69) is 0 Å². The average molecular weight is 319 g/mol. The van der Waals surface area contributed by atoms with Crippen LogP contribution < -0.4 is 0 Å². The van der Waals surface area contributed by atoms with Crippen molar-refractivity contribution in [3.63, 3.8) is 0 Å². The first-order chi connectivity index (χ1) is 10.7. The molecule has 0 unspecified atom stereocenters. The van der Waals surface area contributed by atoms with Gasteiger partial charge in [0, 0.05) is 5.54 Å². The summed E-state index contributed by atoms with van der Waals surface area (Å²) in [4.78, 5) is 12.8. The molecule has 0 saturated heterocycles. The number of amides is 1. The van der Waals surface area contributed by atoms with E-state index in [-0.39, 0.29) is 6.54 Å². The first kappa shape index (κ1) is 16.9. The molecule has 0 aliphatic carbocycles. The SMILES string of the molecule is CC(C)(C)N(Cc1ccccc1-c1ccc(F)c(F)c1)C(=O)O. The lowest BCUT2D eigenvalue weighted by molar-refractivity contribution is 0.0957. The van der Waals surface area contributed by atoms with Crippen molar-refractivity contribution in [1.29, 1.82) is 0 Å². The van der Waals surface area contributed by atoms with Crippen LogP contribution >= 0.6 is 0 Å². The molecule has 23 heavy (non-hydrogen) atoms. The first-order valence-corrected chi connectivity index (χ1v) is 7.24. The minimum absolute atomic E-state index is 0.161. The third-order valence-electron chi connectivity index (χ3n) is 3.62. The summed E-state index contributed by atoms with van der Waals surface area (Å²) in [5.74, 6) is -1.84. The van der Waals surface area contributed by atoms with Gasteiger partial charge in [-0.25, -0.2) is 13.6 Å². The monoisotopic (exact) mass is 319 g/mol. The fraction of sp³-hybridized carbons (Fsp3) is 0.278. The Balaban J connectivity index is 2.45. The fourth-order valence-corrected chi connectivity index (χ4v) is 2.37. The Labute approximate surface area is 134 Å². The number of carboxylic acid groups (broad SMARTS) is 1. The molecule has 0 aliphatic heterocycles. The fourth-order valence-electron chi connectivity index (χ4n) is 2.37. The van der Waals surface area contributed by atoms with Crippen LogP contribution in [-0.2, 0) is 6.54 Å². The lowest BCUT2D eigenvalue weighted by Gasteiger charge is -2.33. The Morgan fingerprint density at radius 2 is 1.74 bits per heavy atom. The molecule has 0 bridgehead atoms. The van der Waals surface area contributed by atoms with Gasteiger partial charge in [0.25, 0.3) is 0 Å². The molecule has 1 amide bonds. The maximum Gasteiger partial charge on any atom is 0.408 e. The number of rotatable bonds is 3. The Bertz CT molecular complexity index is 723. The maximum absolute atomic E-state index is 13.5. The molecule has 0 spiro atoms. The summed E-state index contributed by atoms with van der Waals surface area (Å²) in [6, 6.07) is 10.8. The molecule has 2 aromatic rings. The van der Waals surface area contributed by atoms with Crippen LogP contribution in [0.1, 0.15) is 26.3 Å². The van der Waals surface area contributed by atoms with Crippen LogP contribution in [-0.4, -0.2) is 21.6 Å². The highest BCUT2D eigenvalue weighted by atomic mass is 19.2. The van der Waals surface area contributed by atoms with Crippen LogP contribution in [0.3, 0.4) is 0 Å². The summed E-state index contributed by atoms with van der Waals surface area (Å²) in [7, 11) is 0. The zero-order chi connectivity index (χ0) is 17.2. The van der Waals surface area contributed by atoms with Gasteiger partial charge in [0.05, 0.1) is 6.54 Å². The Hall–Kier alpha value is -2.43. The molecule has 122 valence electrons. The first-order valence-electron chi connectivity index (χ1n) is 7.24. The van der Waals surface area contributed by atoms with Crippen molar-refractivity contribution >= 4 is 6.09 Å². The Kier molecular flexibility index (Phi) is 4.68. The van der Waals surface area contributed by atoms with Crippen LogP contribution in [0.5, 0.6) is 0 Å². The van der Waals surface area contributed by atoms with Crippen LogP contribution in [0.15, 0.2) is 42.5 Å². The van der Waals surface area contributed by atoms with Gasteiger partial charge < -0.3 is 5.11 Å². The highest BCUT2D eigenvalue weighted by Gasteiger charge is 2.26. The Morgan fingerprint density at radius 1 is 1.09 bits per heavy atom. The average Bonchev–Trinajstić information content (AvgIpc) is 2.46. The number of benzene rings is 2. The second-order valence-electron chi connectivity index (χ2n) is 6.33. The zero-order valence-electron chi connectivity index (χ0n) is 13.3. The van der Waals surface area contributed by atoms with Gasteiger partial charge in [0.15, 0.2) is 11.6 Å². The second kappa shape index (κ2) is 6.36. The van der Waals surface area contributed by atoms with Crippen molar-refractivity contribution in [3.8, 4) is 11.1 Å². The third-order valence-corrected chi connectivity index (χ3v) is 3.62. The van der Waals surface area contributed by atoms with Gasteiger partial charge in [0.1, 0.15) is 0 Å². The van der Waals surface area contributed by atoms with E-state index in [1.165, 1.54) is 11.0 Å². The van der Waals surface area contributed by atoms with E-state index in [0.29, 0.717) is 11.1 Å². The molecule has 2 aromatic carbocycles. The second-order valence-corrected chi connectivity index (χ2v) is 6.33. The van der Waals surface area contributed by atoms with E-state index in [1.807, 2.05) is 0 Å².